The highest BCUT2D eigenvalue weighted by atomic mass is 32.1. The molecule has 0 aliphatic carbocycles. The van der Waals surface area contributed by atoms with E-state index in [2.05, 4.69) is 12.0 Å². The van der Waals surface area contributed by atoms with Gasteiger partial charge in [0.25, 0.3) is 11.5 Å². The average molecular weight is 495 g/mol. The van der Waals surface area contributed by atoms with Crippen molar-refractivity contribution < 1.29 is 4.79 Å². The number of hydrogen-bond donors (Lipinski definition) is 0. The van der Waals surface area contributed by atoms with Crippen molar-refractivity contribution in [2.24, 2.45) is 0 Å². The van der Waals surface area contributed by atoms with Crippen molar-refractivity contribution in [3.05, 3.63) is 87.2 Å². The third-order valence-electron chi connectivity index (χ3n) is 6.82. The lowest BCUT2D eigenvalue weighted by atomic mass is 10.0. The van der Waals surface area contributed by atoms with E-state index in [9.17, 15) is 9.59 Å². The molecule has 180 valence electrons. The molecule has 0 unspecified atom stereocenters. The van der Waals surface area contributed by atoms with Gasteiger partial charge in [-0.3, -0.25) is 9.59 Å². The molecule has 2 aromatic heterocycles. The lowest BCUT2D eigenvalue weighted by molar-refractivity contribution is -0.113. The van der Waals surface area contributed by atoms with Crippen molar-refractivity contribution in [3.63, 3.8) is 0 Å². The van der Waals surface area contributed by atoms with Crippen molar-refractivity contribution >= 4 is 44.2 Å². The monoisotopic (exact) mass is 494 g/mol. The Labute approximate surface area is 212 Å². The van der Waals surface area contributed by atoms with E-state index >= 15 is 0 Å². The first-order valence-corrected chi connectivity index (χ1v) is 13.3. The molecule has 0 saturated heterocycles. The maximum absolute atomic E-state index is 13.6. The van der Waals surface area contributed by atoms with Gasteiger partial charge in [0, 0.05) is 17.7 Å². The zero-order valence-corrected chi connectivity index (χ0v) is 20.9. The van der Waals surface area contributed by atoms with Crippen LogP contribution in [0.15, 0.2) is 71.5 Å². The minimum absolute atomic E-state index is 0.109. The van der Waals surface area contributed by atoms with Crippen LogP contribution in [0, 0.1) is 0 Å². The number of carbonyl (C=O) groups is 1. The van der Waals surface area contributed by atoms with Crippen LogP contribution in [0.4, 0.5) is 5.69 Å². The summed E-state index contributed by atoms with van der Waals surface area (Å²) >= 11 is 1.24. The van der Waals surface area contributed by atoms with Gasteiger partial charge in [0.15, 0.2) is 5.82 Å². The Morgan fingerprint density at radius 3 is 2.44 bits per heavy atom. The number of unbranched alkanes of at least 4 members (excludes halogenated alkanes) is 4. The Balaban J connectivity index is 1.42. The number of benzene rings is 3. The number of aromatic nitrogens is 3. The summed E-state index contributed by atoms with van der Waals surface area (Å²) in [6, 6.07) is 21.8. The van der Waals surface area contributed by atoms with Crippen molar-refractivity contribution in [2.75, 3.05) is 11.4 Å². The van der Waals surface area contributed by atoms with E-state index in [1.165, 1.54) is 35.1 Å². The van der Waals surface area contributed by atoms with Crippen LogP contribution in [-0.2, 0) is 4.79 Å². The van der Waals surface area contributed by atoms with Crippen molar-refractivity contribution in [1.82, 2.24) is 14.6 Å². The van der Waals surface area contributed by atoms with E-state index in [1.807, 2.05) is 71.6 Å². The predicted molar refractivity (Wildman–Crippen MR) is 145 cm³/mol. The summed E-state index contributed by atoms with van der Waals surface area (Å²) in [5.41, 5.74) is 2.74. The van der Waals surface area contributed by atoms with Gasteiger partial charge in [0.2, 0.25) is 4.96 Å². The fraction of sp³-hybridized carbons (Fsp3) is 0.241. The Hall–Kier alpha value is -3.84. The summed E-state index contributed by atoms with van der Waals surface area (Å²) in [7, 11) is 0. The summed E-state index contributed by atoms with van der Waals surface area (Å²) in [5, 5.41) is 6.70. The SMILES string of the molecule is CCCCCCCN1C(=O)/C(=c2\sc3nc(-c4cccc5ccccc45)nn3c2=O)c2ccccc21. The van der Waals surface area contributed by atoms with Gasteiger partial charge in [-0.25, -0.2) is 0 Å². The number of rotatable bonds is 7. The lowest BCUT2D eigenvalue weighted by Crippen LogP contribution is -2.33. The van der Waals surface area contributed by atoms with Gasteiger partial charge in [-0.1, -0.05) is 105 Å². The third kappa shape index (κ3) is 3.71. The Morgan fingerprint density at radius 2 is 1.58 bits per heavy atom. The summed E-state index contributed by atoms with van der Waals surface area (Å²) in [6.45, 7) is 2.85. The third-order valence-corrected chi connectivity index (χ3v) is 7.85. The molecule has 3 heterocycles. The van der Waals surface area contributed by atoms with Crippen LogP contribution in [0.5, 0.6) is 0 Å². The molecular weight excluding hydrogens is 468 g/mol. The summed E-state index contributed by atoms with van der Waals surface area (Å²) in [5.74, 6) is 0.404. The quantitative estimate of drug-likeness (QED) is 0.292. The van der Waals surface area contributed by atoms with E-state index in [0.29, 0.717) is 27.4 Å². The van der Waals surface area contributed by atoms with Crippen LogP contribution in [-0.4, -0.2) is 27.0 Å². The topological polar surface area (TPSA) is 67.6 Å². The van der Waals surface area contributed by atoms with Gasteiger partial charge in [0.05, 0.1) is 11.3 Å². The minimum atomic E-state index is -0.295. The van der Waals surface area contributed by atoms with E-state index in [1.54, 1.807) is 0 Å². The molecule has 1 aliphatic rings. The minimum Gasteiger partial charge on any atom is -0.308 e. The number of anilines is 1. The highest BCUT2D eigenvalue weighted by Gasteiger charge is 2.34. The highest BCUT2D eigenvalue weighted by Crippen LogP contribution is 2.35. The fourth-order valence-electron chi connectivity index (χ4n) is 5.01. The summed E-state index contributed by atoms with van der Waals surface area (Å²) in [6.07, 6.45) is 5.61. The van der Waals surface area contributed by atoms with Gasteiger partial charge in [-0.2, -0.15) is 9.50 Å². The molecule has 0 fully saturated rings. The second-order valence-corrected chi connectivity index (χ2v) is 10.1. The number of amides is 1. The molecular formula is C29H26N4O2S. The van der Waals surface area contributed by atoms with Crippen molar-refractivity contribution in [1.29, 1.82) is 0 Å². The van der Waals surface area contributed by atoms with E-state index < -0.39 is 0 Å². The summed E-state index contributed by atoms with van der Waals surface area (Å²) < 4.78 is 1.74. The normalized spacial score (nSPS) is 14.8. The van der Waals surface area contributed by atoms with Crippen LogP contribution in [0.1, 0.15) is 44.6 Å². The summed E-state index contributed by atoms with van der Waals surface area (Å²) in [4.78, 5) is 34.1. The van der Waals surface area contributed by atoms with E-state index in [-0.39, 0.29) is 11.5 Å². The van der Waals surface area contributed by atoms with Gasteiger partial charge < -0.3 is 4.90 Å². The smallest absolute Gasteiger partial charge is 0.291 e. The first-order chi connectivity index (χ1) is 17.7. The molecule has 1 aliphatic heterocycles. The molecule has 0 saturated carbocycles. The second-order valence-electron chi connectivity index (χ2n) is 9.16. The fourth-order valence-corrected chi connectivity index (χ4v) is 6.01. The lowest BCUT2D eigenvalue weighted by Gasteiger charge is -2.16. The van der Waals surface area contributed by atoms with E-state index in [0.717, 1.165) is 40.4 Å². The van der Waals surface area contributed by atoms with Crippen LogP contribution >= 0.6 is 11.3 Å². The zero-order chi connectivity index (χ0) is 24.6. The number of thiazole rings is 1. The van der Waals surface area contributed by atoms with Gasteiger partial charge in [-0.05, 0) is 23.3 Å². The van der Waals surface area contributed by atoms with Crippen molar-refractivity contribution in [2.45, 2.75) is 39.0 Å². The van der Waals surface area contributed by atoms with Crippen LogP contribution in [0.2, 0.25) is 0 Å². The maximum atomic E-state index is 13.6. The highest BCUT2D eigenvalue weighted by molar-refractivity contribution is 7.15. The van der Waals surface area contributed by atoms with Gasteiger partial charge in [-0.15, -0.1) is 5.10 Å². The Kier molecular flexibility index (Phi) is 5.85. The Morgan fingerprint density at radius 1 is 0.833 bits per heavy atom. The van der Waals surface area contributed by atoms with Crippen LogP contribution < -0.4 is 15.0 Å². The molecule has 0 radical (unpaired) electrons. The molecule has 5 aromatic rings. The molecule has 0 bridgehead atoms. The molecule has 36 heavy (non-hydrogen) atoms. The van der Waals surface area contributed by atoms with Crippen LogP contribution in [0.3, 0.4) is 0 Å². The number of nitrogens with zero attached hydrogens (tertiary/aromatic N) is 4. The average Bonchev–Trinajstić information content (AvgIpc) is 3.54. The number of hydrogen-bond acceptors (Lipinski definition) is 5. The van der Waals surface area contributed by atoms with E-state index in [4.69, 9.17) is 4.98 Å². The predicted octanol–water partition coefficient (Wildman–Crippen LogP) is 5.21. The number of carbonyl (C=O) groups excluding carboxylic acids is 1. The standard InChI is InChI=1S/C29H26N4O2S/c1-2-3-4-5-10-18-32-23-17-9-8-15-22(23)24(27(32)34)25-28(35)33-29(36-25)30-26(31-33)21-16-11-13-19-12-6-7-14-20(19)21/h6-9,11-17H,2-5,10,18H2,1H3/b25-24-. The second kappa shape index (κ2) is 9.32. The first kappa shape index (κ1) is 22.6. The largest absolute Gasteiger partial charge is 0.308 e. The molecule has 6 nitrogen and oxygen atoms in total. The number of para-hydroxylation sites is 1. The molecule has 7 heteroatoms. The maximum Gasteiger partial charge on any atom is 0.291 e. The van der Waals surface area contributed by atoms with Crippen LogP contribution in [0.25, 0.3) is 32.7 Å². The molecule has 0 spiro atoms. The molecule has 1 amide bonds. The zero-order valence-electron chi connectivity index (χ0n) is 20.1. The van der Waals surface area contributed by atoms with Gasteiger partial charge >= 0.3 is 0 Å². The first-order valence-electron chi connectivity index (χ1n) is 12.5. The molecule has 6 rings (SSSR count). The van der Waals surface area contributed by atoms with Crippen molar-refractivity contribution in [3.8, 4) is 11.4 Å². The van der Waals surface area contributed by atoms with Gasteiger partial charge in [0.1, 0.15) is 4.53 Å². The molecule has 0 atom stereocenters. The number of fused-ring (bicyclic) bond motifs is 3. The molecule has 0 N–H and O–H groups in total. The Bertz CT molecular complexity index is 1710. The molecule has 3 aromatic carbocycles.